The van der Waals surface area contributed by atoms with Gasteiger partial charge in [0.2, 0.25) is 5.91 Å². The Morgan fingerprint density at radius 1 is 1.10 bits per heavy atom. The van der Waals surface area contributed by atoms with E-state index >= 15 is 0 Å². The molecule has 0 spiro atoms. The summed E-state index contributed by atoms with van der Waals surface area (Å²) >= 11 is 0. The fraction of sp³-hybridized carbons (Fsp3) is 0.565. The van der Waals surface area contributed by atoms with Gasteiger partial charge in [-0.3, -0.25) is 4.79 Å². The van der Waals surface area contributed by atoms with Crippen molar-refractivity contribution in [1.29, 1.82) is 0 Å². The molecular formula is C23H31NO5. The molecular weight excluding hydrogens is 370 g/mol. The summed E-state index contributed by atoms with van der Waals surface area (Å²) in [6.07, 6.45) is 3.90. The highest BCUT2D eigenvalue weighted by Crippen LogP contribution is 2.35. The van der Waals surface area contributed by atoms with Gasteiger partial charge in [-0.1, -0.05) is 25.1 Å². The number of hydrogen-bond donors (Lipinski definition) is 1. The number of esters is 1. The van der Waals surface area contributed by atoms with Crippen molar-refractivity contribution in [2.24, 2.45) is 5.92 Å². The smallest absolute Gasteiger partial charge is 0.340 e. The van der Waals surface area contributed by atoms with Gasteiger partial charge in [-0.2, -0.15) is 0 Å². The maximum atomic E-state index is 12.9. The van der Waals surface area contributed by atoms with E-state index < -0.39 is 11.8 Å². The number of nitrogens with one attached hydrogen (secondary N) is 1. The summed E-state index contributed by atoms with van der Waals surface area (Å²) in [6, 6.07) is 3.71. The van der Waals surface area contributed by atoms with Crippen molar-refractivity contribution in [3.8, 4) is 0 Å². The number of anilines is 1. The number of aryl methyl sites for hydroxylation is 2. The Labute approximate surface area is 172 Å². The topological polar surface area (TPSA) is 73.9 Å². The average molecular weight is 402 g/mol. The first-order valence-corrected chi connectivity index (χ1v) is 10.2. The van der Waals surface area contributed by atoms with Crippen molar-refractivity contribution >= 4 is 17.6 Å². The van der Waals surface area contributed by atoms with E-state index in [2.05, 4.69) is 5.32 Å². The summed E-state index contributed by atoms with van der Waals surface area (Å²) in [5.41, 5.74) is 2.60. The number of fused-ring (bicyclic) bond motifs is 2. The summed E-state index contributed by atoms with van der Waals surface area (Å²) in [5.74, 6) is -1.34. The fourth-order valence-corrected chi connectivity index (χ4v) is 4.07. The fourth-order valence-electron chi connectivity index (χ4n) is 4.07. The maximum Gasteiger partial charge on any atom is 0.340 e. The molecule has 1 saturated heterocycles. The zero-order chi connectivity index (χ0) is 21.3. The molecule has 1 unspecified atom stereocenters. The van der Waals surface area contributed by atoms with Crippen molar-refractivity contribution in [2.75, 3.05) is 5.32 Å². The summed E-state index contributed by atoms with van der Waals surface area (Å²) in [5, 5.41) is 2.90. The van der Waals surface area contributed by atoms with Gasteiger partial charge in [0.1, 0.15) is 6.10 Å². The molecule has 4 atom stereocenters. The third kappa shape index (κ3) is 5.06. The first-order chi connectivity index (χ1) is 13.6. The molecule has 2 aliphatic rings. The quantitative estimate of drug-likeness (QED) is 0.518. The monoisotopic (exact) mass is 401 g/mol. The van der Waals surface area contributed by atoms with E-state index in [9.17, 15) is 9.59 Å². The summed E-state index contributed by atoms with van der Waals surface area (Å²) in [4.78, 5) is 25.7. The molecule has 2 heterocycles. The van der Waals surface area contributed by atoms with E-state index in [1.54, 1.807) is 6.07 Å². The van der Waals surface area contributed by atoms with Gasteiger partial charge in [0.25, 0.3) is 0 Å². The van der Waals surface area contributed by atoms with Crippen molar-refractivity contribution < 1.29 is 23.8 Å². The van der Waals surface area contributed by atoms with Crippen molar-refractivity contribution in [3.05, 3.63) is 41.0 Å². The second-order valence-electron chi connectivity index (χ2n) is 8.63. The molecule has 1 fully saturated rings. The molecule has 3 rings (SSSR count). The Balaban J connectivity index is 1.97. The van der Waals surface area contributed by atoms with Crippen LogP contribution < -0.4 is 5.32 Å². The van der Waals surface area contributed by atoms with Crippen LogP contribution in [-0.2, 0) is 19.0 Å². The molecule has 158 valence electrons. The maximum absolute atomic E-state index is 12.9. The Bertz CT molecular complexity index is 829. The van der Waals surface area contributed by atoms with Crippen LogP contribution in [0.1, 0.15) is 62.0 Å². The lowest BCUT2D eigenvalue weighted by Crippen LogP contribution is -2.32. The van der Waals surface area contributed by atoms with Crippen LogP contribution in [0.5, 0.6) is 0 Å². The van der Waals surface area contributed by atoms with Gasteiger partial charge in [-0.05, 0) is 51.8 Å². The third-order valence-corrected chi connectivity index (χ3v) is 5.30. The van der Waals surface area contributed by atoms with Crippen LogP contribution in [0.25, 0.3) is 0 Å². The Kier molecular flexibility index (Phi) is 6.15. The first kappa shape index (κ1) is 21.5. The largest absolute Gasteiger partial charge is 0.459 e. The molecule has 0 aliphatic carbocycles. The molecule has 6 nitrogen and oxygen atoms in total. The Morgan fingerprint density at radius 3 is 2.55 bits per heavy atom. The minimum absolute atomic E-state index is 0.0530. The van der Waals surface area contributed by atoms with Crippen molar-refractivity contribution in [1.82, 2.24) is 0 Å². The Morgan fingerprint density at radius 2 is 1.83 bits per heavy atom. The first-order valence-electron chi connectivity index (χ1n) is 10.2. The van der Waals surface area contributed by atoms with Crippen LogP contribution >= 0.6 is 0 Å². The average Bonchev–Trinajstić information content (AvgIpc) is 2.87. The number of carbonyl (C=O) groups is 2. The number of carbonyl (C=O) groups excluding carboxylic acids is 2. The number of ether oxygens (including phenoxy) is 3. The third-order valence-electron chi connectivity index (χ3n) is 5.30. The highest BCUT2D eigenvalue weighted by atomic mass is 16.8. The highest BCUT2D eigenvalue weighted by molar-refractivity contribution is 6.02. The predicted molar refractivity (Wildman–Crippen MR) is 111 cm³/mol. The zero-order valence-corrected chi connectivity index (χ0v) is 18.1. The molecule has 1 aromatic carbocycles. The minimum atomic E-state index is -0.747. The summed E-state index contributed by atoms with van der Waals surface area (Å²) in [7, 11) is 0. The highest BCUT2D eigenvalue weighted by Gasteiger charge is 2.44. The number of rotatable bonds is 0. The van der Waals surface area contributed by atoms with Gasteiger partial charge in [0.15, 0.2) is 5.79 Å². The van der Waals surface area contributed by atoms with Gasteiger partial charge in [-0.25, -0.2) is 4.79 Å². The van der Waals surface area contributed by atoms with E-state index in [0.29, 0.717) is 17.7 Å². The minimum Gasteiger partial charge on any atom is -0.459 e. The summed E-state index contributed by atoms with van der Waals surface area (Å²) in [6.45, 7) is 11.4. The van der Waals surface area contributed by atoms with Crippen molar-refractivity contribution in [2.45, 2.75) is 78.5 Å². The molecule has 0 radical (unpaired) electrons. The molecule has 0 aromatic heterocycles. The number of hydrogen-bond acceptors (Lipinski definition) is 5. The summed E-state index contributed by atoms with van der Waals surface area (Å²) < 4.78 is 17.7. The lowest BCUT2D eigenvalue weighted by atomic mass is 9.96. The molecule has 1 N–H and O–H groups in total. The van der Waals surface area contributed by atoms with Crippen molar-refractivity contribution in [3.63, 3.8) is 0 Å². The van der Waals surface area contributed by atoms with Crippen LogP contribution in [0.15, 0.2) is 24.3 Å². The molecule has 1 aromatic rings. The molecule has 29 heavy (non-hydrogen) atoms. The van der Waals surface area contributed by atoms with Gasteiger partial charge < -0.3 is 19.5 Å². The second-order valence-corrected chi connectivity index (χ2v) is 8.63. The van der Waals surface area contributed by atoms with Crippen LogP contribution in [0.2, 0.25) is 0 Å². The van der Waals surface area contributed by atoms with E-state index in [1.165, 1.54) is 0 Å². The number of cyclic esters (lactones) is 1. The van der Waals surface area contributed by atoms with E-state index in [0.717, 1.165) is 11.1 Å². The van der Waals surface area contributed by atoms with Gasteiger partial charge >= 0.3 is 5.97 Å². The predicted octanol–water partition coefficient (Wildman–Crippen LogP) is 4.29. The molecule has 6 heteroatoms. The molecule has 1 amide bonds. The normalized spacial score (nSPS) is 31.1. The van der Waals surface area contributed by atoms with Gasteiger partial charge in [-0.15, -0.1) is 0 Å². The zero-order valence-electron chi connectivity index (χ0n) is 18.1. The number of benzene rings is 1. The van der Waals surface area contributed by atoms with Crippen LogP contribution in [0.3, 0.4) is 0 Å². The Hall–Kier alpha value is -2.18. The van der Waals surface area contributed by atoms with Gasteiger partial charge in [0.05, 0.1) is 29.9 Å². The van der Waals surface area contributed by atoms with Crippen LogP contribution in [0.4, 0.5) is 5.69 Å². The lowest BCUT2D eigenvalue weighted by Gasteiger charge is -2.22. The van der Waals surface area contributed by atoms with Crippen LogP contribution in [0, 0.1) is 19.8 Å². The molecule has 2 aliphatic heterocycles. The van der Waals surface area contributed by atoms with Gasteiger partial charge in [0, 0.05) is 12.3 Å². The number of amides is 1. The molecule has 0 saturated carbocycles. The van der Waals surface area contributed by atoms with E-state index in [-0.39, 0.29) is 36.6 Å². The second kappa shape index (κ2) is 8.28. The SMILES string of the molecule is Cc1cc(C)c2c(c1)NC(=O)C[C@@H]1OC(C)(C)O[C@@H]1C(C)/C=C\C[C@H](C)OC2=O. The van der Waals surface area contributed by atoms with Crippen LogP contribution in [-0.4, -0.2) is 36.0 Å². The van der Waals surface area contributed by atoms with E-state index in [1.807, 2.05) is 59.8 Å². The van der Waals surface area contributed by atoms with E-state index in [4.69, 9.17) is 14.2 Å². The lowest BCUT2D eigenvalue weighted by molar-refractivity contribution is -0.150. The standard InChI is InChI=1S/C23H31NO5/c1-13-10-15(3)20-17(11-13)24-19(25)12-18-21(29-23(5,6)28-18)14(2)8-7-9-16(4)27-22(20)26/h7-8,10-11,14,16,18,21H,9,12H2,1-6H3,(H,24,25)/b8-7-/t14?,16-,18-,21+/m0/s1. The molecule has 0 bridgehead atoms.